The summed E-state index contributed by atoms with van der Waals surface area (Å²) in [6, 6.07) is 14.1. The molecule has 1 aliphatic rings. The summed E-state index contributed by atoms with van der Waals surface area (Å²) in [5, 5.41) is 6.33. The summed E-state index contributed by atoms with van der Waals surface area (Å²) >= 11 is 0. The van der Waals surface area contributed by atoms with Gasteiger partial charge < -0.3 is 10.6 Å². The molecule has 120 valence electrons. The van der Waals surface area contributed by atoms with E-state index in [1.54, 1.807) is 0 Å². The number of carbonyl (C=O) groups excluding carboxylic acids is 1. The third kappa shape index (κ3) is 4.39. The van der Waals surface area contributed by atoms with E-state index in [2.05, 4.69) is 22.8 Å². The van der Waals surface area contributed by atoms with Crippen LogP contribution >= 0.6 is 0 Å². The summed E-state index contributed by atoms with van der Waals surface area (Å²) in [4.78, 5) is 12.1. The number of halogens is 1. The average molecular weight is 312 g/mol. The van der Waals surface area contributed by atoms with Crippen molar-refractivity contribution in [2.24, 2.45) is 0 Å². The zero-order chi connectivity index (χ0) is 16.1. The van der Waals surface area contributed by atoms with Crippen LogP contribution in [0.2, 0.25) is 0 Å². The second kappa shape index (κ2) is 7.38. The Morgan fingerprint density at radius 2 is 1.87 bits per heavy atom. The minimum Gasteiger partial charge on any atom is -0.322 e. The van der Waals surface area contributed by atoms with E-state index < -0.39 is 0 Å². The van der Waals surface area contributed by atoms with Crippen LogP contribution in [-0.2, 0) is 6.42 Å². The highest BCUT2D eigenvalue weighted by Gasteiger charge is 2.13. The van der Waals surface area contributed by atoms with E-state index in [0.29, 0.717) is 11.6 Å². The summed E-state index contributed by atoms with van der Waals surface area (Å²) in [7, 11) is 0. The molecule has 0 aromatic heterocycles. The third-order valence-electron chi connectivity index (χ3n) is 4.26. The lowest BCUT2D eigenvalue weighted by molar-refractivity contribution is 0.102. The standard InChI is InChI=1S/C19H21FN2O/c20-16-8-6-15(7-9-16)19(23)22-18-11-4-14(5-12-18)3-10-17-2-1-13-21-17/h4-9,11-12,17,21H,1-3,10,13H2,(H,22,23)/t17-/m0/s1. The van der Waals surface area contributed by atoms with Crippen molar-refractivity contribution in [3.05, 3.63) is 65.5 Å². The predicted octanol–water partition coefficient (Wildman–Crippen LogP) is 3.76. The molecule has 1 amide bonds. The van der Waals surface area contributed by atoms with Crippen LogP contribution in [0, 0.1) is 5.82 Å². The number of aryl methyl sites for hydroxylation is 1. The highest BCUT2D eigenvalue weighted by molar-refractivity contribution is 6.04. The van der Waals surface area contributed by atoms with Gasteiger partial charge in [0.1, 0.15) is 5.82 Å². The third-order valence-corrected chi connectivity index (χ3v) is 4.26. The molecule has 23 heavy (non-hydrogen) atoms. The SMILES string of the molecule is O=C(Nc1ccc(CC[C@@H]2CCCN2)cc1)c1ccc(F)cc1. The number of hydrogen-bond acceptors (Lipinski definition) is 2. The molecule has 2 aromatic carbocycles. The van der Waals surface area contributed by atoms with Gasteiger partial charge in [-0.1, -0.05) is 12.1 Å². The van der Waals surface area contributed by atoms with Gasteiger partial charge in [0.15, 0.2) is 0 Å². The lowest BCUT2D eigenvalue weighted by atomic mass is 10.0. The second-order valence-electron chi connectivity index (χ2n) is 5.99. The Balaban J connectivity index is 1.54. The largest absolute Gasteiger partial charge is 0.322 e. The lowest BCUT2D eigenvalue weighted by Crippen LogP contribution is -2.21. The Morgan fingerprint density at radius 3 is 2.52 bits per heavy atom. The number of carbonyl (C=O) groups is 1. The highest BCUT2D eigenvalue weighted by Crippen LogP contribution is 2.16. The van der Waals surface area contributed by atoms with Crippen molar-refractivity contribution in [1.29, 1.82) is 0 Å². The van der Waals surface area contributed by atoms with Crippen molar-refractivity contribution in [3.8, 4) is 0 Å². The monoisotopic (exact) mass is 312 g/mol. The van der Waals surface area contributed by atoms with Crippen LogP contribution in [0.25, 0.3) is 0 Å². The number of hydrogen-bond donors (Lipinski definition) is 2. The van der Waals surface area contributed by atoms with E-state index in [1.807, 2.05) is 12.1 Å². The zero-order valence-electron chi connectivity index (χ0n) is 13.0. The maximum absolute atomic E-state index is 12.9. The van der Waals surface area contributed by atoms with Crippen LogP contribution in [0.4, 0.5) is 10.1 Å². The smallest absolute Gasteiger partial charge is 0.255 e. The van der Waals surface area contributed by atoms with Gasteiger partial charge in [0, 0.05) is 17.3 Å². The molecule has 4 heteroatoms. The topological polar surface area (TPSA) is 41.1 Å². The van der Waals surface area contributed by atoms with Crippen LogP contribution in [0.15, 0.2) is 48.5 Å². The van der Waals surface area contributed by atoms with E-state index >= 15 is 0 Å². The summed E-state index contributed by atoms with van der Waals surface area (Å²) in [6.45, 7) is 1.14. The Labute approximate surface area is 135 Å². The summed E-state index contributed by atoms with van der Waals surface area (Å²) in [5.41, 5.74) is 2.48. The van der Waals surface area contributed by atoms with Gasteiger partial charge in [-0.3, -0.25) is 4.79 Å². The molecule has 0 unspecified atom stereocenters. The van der Waals surface area contributed by atoms with Crippen LogP contribution in [0.1, 0.15) is 35.2 Å². The maximum atomic E-state index is 12.9. The zero-order valence-corrected chi connectivity index (χ0v) is 13.0. The van der Waals surface area contributed by atoms with Crippen molar-refractivity contribution in [3.63, 3.8) is 0 Å². The molecule has 1 heterocycles. The molecule has 0 spiro atoms. The highest BCUT2D eigenvalue weighted by atomic mass is 19.1. The molecule has 0 bridgehead atoms. The Kier molecular flexibility index (Phi) is 5.03. The van der Waals surface area contributed by atoms with Crippen LogP contribution in [-0.4, -0.2) is 18.5 Å². The van der Waals surface area contributed by atoms with E-state index in [9.17, 15) is 9.18 Å². The van der Waals surface area contributed by atoms with Crippen LogP contribution in [0.5, 0.6) is 0 Å². The minimum atomic E-state index is -0.345. The first-order valence-electron chi connectivity index (χ1n) is 8.10. The van der Waals surface area contributed by atoms with E-state index in [-0.39, 0.29) is 11.7 Å². The summed E-state index contributed by atoms with van der Waals surface area (Å²) in [6.07, 6.45) is 4.75. The quantitative estimate of drug-likeness (QED) is 0.882. The molecule has 3 nitrogen and oxygen atoms in total. The van der Waals surface area contributed by atoms with Gasteiger partial charge in [0.05, 0.1) is 0 Å². The van der Waals surface area contributed by atoms with Gasteiger partial charge in [-0.05, 0) is 74.2 Å². The number of nitrogens with one attached hydrogen (secondary N) is 2. The molecule has 3 rings (SSSR count). The van der Waals surface area contributed by atoms with Gasteiger partial charge in [-0.25, -0.2) is 4.39 Å². The molecule has 1 atom stereocenters. The molecular weight excluding hydrogens is 291 g/mol. The molecule has 1 saturated heterocycles. The van der Waals surface area contributed by atoms with Crippen molar-refractivity contribution in [2.75, 3.05) is 11.9 Å². The molecule has 1 fully saturated rings. The molecule has 1 aliphatic heterocycles. The average Bonchev–Trinajstić information content (AvgIpc) is 3.08. The van der Waals surface area contributed by atoms with E-state index in [0.717, 1.165) is 25.1 Å². The number of anilines is 1. The van der Waals surface area contributed by atoms with Crippen molar-refractivity contribution in [2.45, 2.75) is 31.7 Å². The molecule has 0 radical (unpaired) electrons. The second-order valence-corrected chi connectivity index (χ2v) is 5.99. The lowest BCUT2D eigenvalue weighted by Gasteiger charge is -2.10. The molecular formula is C19H21FN2O. The fraction of sp³-hybridized carbons (Fsp3) is 0.316. The Bertz CT molecular complexity index is 646. The van der Waals surface area contributed by atoms with Gasteiger partial charge in [0.25, 0.3) is 5.91 Å². The van der Waals surface area contributed by atoms with E-state index in [1.165, 1.54) is 42.7 Å². The number of benzene rings is 2. The Hall–Kier alpha value is -2.20. The first-order chi connectivity index (χ1) is 11.2. The number of rotatable bonds is 5. The van der Waals surface area contributed by atoms with Crippen LogP contribution < -0.4 is 10.6 Å². The predicted molar refractivity (Wildman–Crippen MR) is 90.1 cm³/mol. The first kappa shape index (κ1) is 15.7. The maximum Gasteiger partial charge on any atom is 0.255 e. The normalized spacial score (nSPS) is 17.2. The number of amides is 1. The molecule has 0 saturated carbocycles. The van der Waals surface area contributed by atoms with Gasteiger partial charge in [-0.15, -0.1) is 0 Å². The molecule has 2 N–H and O–H groups in total. The first-order valence-corrected chi connectivity index (χ1v) is 8.10. The van der Waals surface area contributed by atoms with Crippen LogP contribution in [0.3, 0.4) is 0 Å². The van der Waals surface area contributed by atoms with Crippen molar-refractivity contribution < 1.29 is 9.18 Å². The Morgan fingerprint density at radius 1 is 1.13 bits per heavy atom. The summed E-state index contributed by atoms with van der Waals surface area (Å²) in [5.74, 6) is -0.574. The van der Waals surface area contributed by atoms with Crippen molar-refractivity contribution in [1.82, 2.24) is 5.32 Å². The van der Waals surface area contributed by atoms with Gasteiger partial charge in [-0.2, -0.15) is 0 Å². The van der Waals surface area contributed by atoms with Crippen molar-refractivity contribution >= 4 is 11.6 Å². The summed E-state index contributed by atoms with van der Waals surface area (Å²) < 4.78 is 12.9. The fourth-order valence-electron chi connectivity index (χ4n) is 2.90. The fourth-order valence-corrected chi connectivity index (χ4v) is 2.90. The van der Waals surface area contributed by atoms with Gasteiger partial charge in [0.2, 0.25) is 0 Å². The van der Waals surface area contributed by atoms with Gasteiger partial charge >= 0.3 is 0 Å². The minimum absolute atomic E-state index is 0.229. The molecule has 2 aromatic rings. The van der Waals surface area contributed by atoms with E-state index in [4.69, 9.17) is 0 Å². The molecule has 0 aliphatic carbocycles.